The van der Waals surface area contributed by atoms with Gasteiger partial charge in [0.05, 0.1) is 7.11 Å². The first-order valence-corrected chi connectivity index (χ1v) is 9.75. The first kappa shape index (κ1) is 21.0. The van der Waals surface area contributed by atoms with Gasteiger partial charge in [-0.1, -0.05) is 25.1 Å². The van der Waals surface area contributed by atoms with E-state index in [9.17, 15) is 9.59 Å². The Bertz CT molecular complexity index is 1020. The summed E-state index contributed by atoms with van der Waals surface area (Å²) in [6, 6.07) is 16.8. The number of ether oxygens (including phenoxy) is 1. The summed E-state index contributed by atoms with van der Waals surface area (Å²) in [7, 11) is 3.35. The van der Waals surface area contributed by atoms with Gasteiger partial charge in [0, 0.05) is 55.3 Å². The van der Waals surface area contributed by atoms with Crippen LogP contribution in [-0.2, 0) is 11.3 Å². The molecular formula is C24H25N3O3. The van der Waals surface area contributed by atoms with Crippen LogP contribution in [0.3, 0.4) is 0 Å². The summed E-state index contributed by atoms with van der Waals surface area (Å²) in [4.78, 5) is 30.0. The van der Waals surface area contributed by atoms with E-state index in [0.717, 1.165) is 22.4 Å². The third kappa shape index (κ3) is 4.84. The van der Waals surface area contributed by atoms with Gasteiger partial charge < -0.3 is 15.0 Å². The Morgan fingerprint density at radius 1 is 1.10 bits per heavy atom. The van der Waals surface area contributed by atoms with Crippen molar-refractivity contribution in [2.45, 2.75) is 19.9 Å². The first-order valence-electron chi connectivity index (χ1n) is 9.75. The summed E-state index contributed by atoms with van der Waals surface area (Å²) >= 11 is 0. The number of aromatic nitrogens is 1. The third-order valence-corrected chi connectivity index (χ3v) is 4.88. The van der Waals surface area contributed by atoms with Crippen LogP contribution in [-0.4, -0.2) is 31.0 Å². The van der Waals surface area contributed by atoms with E-state index in [-0.39, 0.29) is 11.8 Å². The second-order valence-electron chi connectivity index (χ2n) is 6.81. The molecule has 0 radical (unpaired) electrons. The fraction of sp³-hybridized carbons (Fsp3) is 0.208. The summed E-state index contributed by atoms with van der Waals surface area (Å²) in [5.41, 5.74) is 4.10. The highest BCUT2D eigenvalue weighted by Crippen LogP contribution is 2.33. The van der Waals surface area contributed by atoms with Gasteiger partial charge in [-0.15, -0.1) is 0 Å². The van der Waals surface area contributed by atoms with Crippen molar-refractivity contribution in [3.05, 3.63) is 78.1 Å². The van der Waals surface area contributed by atoms with Crippen LogP contribution in [0.5, 0.6) is 5.75 Å². The minimum atomic E-state index is -0.146. The highest BCUT2D eigenvalue weighted by Gasteiger charge is 2.13. The maximum Gasteiger partial charge on any atom is 0.251 e. The maximum atomic E-state index is 12.4. The van der Waals surface area contributed by atoms with E-state index in [0.29, 0.717) is 24.3 Å². The normalized spacial score (nSPS) is 10.4. The molecule has 1 N–H and O–H groups in total. The van der Waals surface area contributed by atoms with E-state index in [2.05, 4.69) is 10.3 Å². The van der Waals surface area contributed by atoms with Crippen LogP contribution in [0.1, 0.15) is 29.3 Å². The van der Waals surface area contributed by atoms with E-state index in [4.69, 9.17) is 4.74 Å². The summed E-state index contributed by atoms with van der Waals surface area (Å²) in [6.07, 6.45) is 3.86. The van der Waals surface area contributed by atoms with E-state index in [1.807, 2.05) is 49.4 Å². The predicted molar refractivity (Wildman–Crippen MR) is 118 cm³/mol. The highest BCUT2D eigenvalue weighted by atomic mass is 16.5. The molecule has 1 aromatic heterocycles. The maximum absolute atomic E-state index is 12.4. The molecule has 0 aliphatic rings. The topological polar surface area (TPSA) is 71.5 Å². The van der Waals surface area contributed by atoms with Crippen molar-refractivity contribution in [3.63, 3.8) is 0 Å². The molecule has 2 aromatic carbocycles. The lowest BCUT2D eigenvalue weighted by molar-refractivity contribution is -0.118. The third-order valence-electron chi connectivity index (χ3n) is 4.88. The Balaban J connectivity index is 1.75. The molecule has 0 saturated carbocycles. The van der Waals surface area contributed by atoms with Crippen LogP contribution in [0, 0.1) is 0 Å². The van der Waals surface area contributed by atoms with Crippen molar-refractivity contribution in [1.82, 2.24) is 10.3 Å². The number of anilines is 1. The average molecular weight is 403 g/mol. The molecule has 0 fully saturated rings. The number of carbonyl (C=O) groups excluding carboxylic acids is 2. The molecule has 6 heteroatoms. The van der Waals surface area contributed by atoms with Crippen molar-refractivity contribution < 1.29 is 14.3 Å². The van der Waals surface area contributed by atoms with Gasteiger partial charge in [-0.2, -0.15) is 0 Å². The standard InChI is InChI=1S/C24H25N3O3/c1-4-23(28)27(2)20-11-12-21(22(14-20)30-3)18-7-9-19(10-8-18)24(29)26-16-17-6-5-13-25-15-17/h5-15H,4,16H2,1-3H3,(H,26,29). The van der Waals surface area contributed by atoms with Crippen molar-refractivity contribution in [2.75, 3.05) is 19.1 Å². The molecule has 2 amide bonds. The van der Waals surface area contributed by atoms with Crippen LogP contribution < -0.4 is 15.0 Å². The molecule has 3 aromatic rings. The lowest BCUT2D eigenvalue weighted by Crippen LogP contribution is -2.25. The number of rotatable bonds is 7. The Kier molecular flexibility index (Phi) is 6.80. The summed E-state index contributed by atoms with van der Waals surface area (Å²) in [5, 5.41) is 2.89. The molecule has 1 heterocycles. The quantitative estimate of drug-likeness (QED) is 0.646. The van der Waals surface area contributed by atoms with Crippen molar-refractivity contribution in [3.8, 4) is 16.9 Å². The van der Waals surface area contributed by atoms with Gasteiger partial charge in [0.15, 0.2) is 0 Å². The zero-order valence-electron chi connectivity index (χ0n) is 17.4. The Labute approximate surface area is 176 Å². The van der Waals surface area contributed by atoms with Crippen LogP contribution in [0.15, 0.2) is 67.0 Å². The average Bonchev–Trinajstić information content (AvgIpc) is 2.81. The van der Waals surface area contributed by atoms with Crippen LogP contribution in [0.25, 0.3) is 11.1 Å². The van der Waals surface area contributed by atoms with Gasteiger partial charge in [-0.05, 0) is 41.5 Å². The molecule has 0 spiro atoms. The number of methoxy groups -OCH3 is 1. The molecule has 154 valence electrons. The van der Waals surface area contributed by atoms with Crippen molar-refractivity contribution in [1.29, 1.82) is 0 Å². The number of hydrogen-bond acceptors (Lipinski definition) is 4. The fourth-order valence-corrected chi connectivity index (χ4v) is 3.10. The minimum absolute atomic E-state index is 0.0338. The molecule has 0 unspecified atom stereocenters. The summed E-state index contributed by atoms with van der Waals surface area (Å²) in [5.74, 6) is 0.552. The SMILES string of the molecule is CCC(=O)N(C)c1ccc(-c2ccc(C(=O)NCc3cccnc3)cc2)c(OC)c1. The molecule has 0 atom stereocenters. The summed E-state index contributed by atoms with van der Waals surface area (Å²) in [6.45, 7) is 2.26. The smallest absolute Gasteiger partial charge is 0.251 e. The molecule has 0 bridgehead atoms. The molecule has 0 aliphatic carbocycles. The highest BCUT2D eigenvalue weighted by molar-refractivity contribution is 5.95. The molecule has 6 nitrogen and oxygen atoms in total. The lowest BCUT2D eigenvalue weighted by atomic mass is 10.0. The molecule has 3 rings (SSSR count). The number of amides is 2. The zero-order valence-corrected chi connectivity index (χ0v) is 17.4. The molecular weight excluding hydrogens is 378 g/mol. The van der Waals surface area contributed by atoms with E-state index < -0.39 is 0 Å². The van der Waals surface area contributed by atoms with Gasteiger partial charge in [0.2, 0.25) is 5.91 Å². The fourth-order valence-electron chi connectivity index (χ4n) is 3.10. The number of nitrogens with one attached hydrogen (secondary N) is 1. The van der Waals surface area contributed by atoms with E-state index >= 15 is 0 Å². The lowest BCUT2D eigenvalue weighted by Gasteiger charge is -2.19. The van der Waals surface area contributed by atoms with Gasteiger partial charge in [-0.25, -0.2) is 0 Å². The number of pyridine rings is 1. The largest absolute Gasteiger partial charge is 0.496 e. The van der Waals surface area contributed by atoms with Gasteiger partial charge in [0.25, 0.3) is 5.91 Å². The van der Waals surface area contributed by atoms with Gasteiger partial charge in [0.1, 0.15) is 5.75 Å². The molecule has 0 saturated heterocycles. The second-order valence-corrected chi connectivity index (χ2v) is 6.81. The zero-order chi connectivity index (χ0) is 21.5. The Hall–Kier alpha value is -3.67. The van der Waals surface area contributed by atoms with E-state index in [1.165, 1.54) is 0 Å². The predicted octanol–water partition coefficient (Wildman–Crippen LogP) is 4.06. The first-order chi connectivity index (χ1) is 14.5. The number of nitrogens with zero attached hydrogens (tertiary/aromatic N) is 2. The number of carbonyl (C=O) groups is 2. The number of hydrogen-bond donors (Lipinski definition) is 1. The summed E-state index contributed by atoms with van der Waals surface area (Å²) < 4.78 is 5.55. The molecule has 0 aliphatic heterocycles. The van der Waals surface area contributed by atoms with Gasteiger partial charge >= 0.3 is 0 Å². The van der Waals surface area contributed by atoms with Crippen LogP contribution in [0.4, 0.5) is 5.69 Å². The molecule has 30 heavy (non-hydrogen) atoms. The van der Waals surface area contributed by atoms with E-state index in [1.54, 1.807) is 43.6 Å². The van der Waals surface area contributed by atoms with Crippen LogP contribution >= 0.6 is 0 Å². The second kappa shape index (κ2) is 9.69. The van der Waals surface area contributed by atoms with Gasteiger partial charge in [-0.3, -0.25) is 14.6 Å². The Morgan fingerprint density at radius 3 is 2.50 bits per heavy atom. The Morgan fingerprint density at radius 2 is 1.87 bits per heavy atom. The van der Waals surface area contributed by atoms with Crippen molar-refractivity contribution >= 4 is 17.5 Å². The van der Waals surface area contributed by atoms with Crippen molar-refractivity contribution in [2.24, 2.45) is 0 Å². The van der Waals surface area contributed by atoms with Crippen LogP contribution in [0.2, 0.25) is 0 Å². The number of benzene rings is 2. The monoisotopic (exact) mass is 403 g/mol. The minimum Gasteiger partial charge on any atom is -0.496 e.